The lowest BCUT2D eigenvalue weighted by atomic mass is 9.98. The summed E-state index contributed by atoms with van der Waals surface area (Å²) in [4.78, 5) is 12.2. The van der Waals surface area contributed by atoms with E-state index in [9.17, 15) is 4.79 Å². The van der Waals surface area contributed by atoms with E-state index in [4.69, 9.17) is 4.74 Å². The van der Waals surface area contributed by atoms with Gasteiger partial charge in [0.25, 0.3) is 0 Å². The number of ether oxygens (including phenoxy) is 1. The third-order valence-electron chi connectivity index (χ3n) is 2.59. The highest BCUT2D eigenvalue weighted by atomic mass is 79.9. The summed E-state index contributed by atoms with van der Waals surface area (Å²) in [5, 5.41) is 0. The number of benzene rings is 1. The minimum atomic E-state index is -0.299. The quantitative estimate of drug-likeness (QED) is 0.802. The molecule has 1 unspecified atom stereocenters. The Kier molecular flexibility index (Phi) is 5.86. The summed E-state index contributed by atoms with van der Waals surface area (Å²) < 4.78 is 6.49. The summed E-state index contributed by atoms with van der Waals surface area (Å²) in [7, 11) is 0. The standard InChI is InChI=1S/C14H19BrO2/c1-4-17-14(10(2)3)13(16)9-11-7-5-6-8-12(11)15/h5-8,10,14H,4,9H2,1-3H3. The van der Waals surface area contributed by atoms with Gasteiger partial charge in [-0.25, -0.2) is 0 Å². The van der Waals surface area contributed by atoms with Crippen LogP contribution in [0.5, 0.6) is 0 Å². The number of hydrogen-bond donors (Lipinski definition) is 0. The fraction of sp³-hybridized carbons (Fsp3) is 0.500. The number of halogens is 1. The van der Waals surface area contributed by atoms with Crippen LogP contribution in [0, 0.1) is 5.92 Å². The van der Waals surface area contributed by atoms with E-state index in [0.29, 0.717) is 13.0 Å². The predicted octanol–water partition coefficient (Wildman–Crippen LogP) is 3.62. The molecule has 0 aromatic heterocycles. The van der Waals surface area contributed by atoms with Crippen LogP contribution in [0.15, 0.2) is 28.7 Å². The maximum atomic E-state index is 12.2. The molecule has 1 atom stereocenters. The smallest absolute Gasteiger partial charge is 0.166 e. The Bertz CT molecular complexity index is 374. The maximum absolute atomic E-state index is 12.2. The van der Waals surface area contributed by atoms with Gasteiger partial charge in [-0.15, -0.1) is 0 Å². The number of Topliss-reactive ketones (excluding diaryl/α,β-unsaturated/α-hetero) is 1. The molecule has 0 fully saturated rings. The molecule has 0 aliphatic heterocycles. The van der Waals surface area contributed by atoms with Crippen LogP contribution < -0.4 is 0 Å². The Labute approximate surface area is 111 Å². The molecule has 0 heterocycles. The first-order chi connectivity index (χ1) is 8.06. The molecule has 0 N–H and O–H groups in total. The molecule has 1 aromatic carbocycles. The summed E-state index contributed by atoms with van der Waals surface area (Å²) in [5.74, 6) is 0.360. The molecule has 3 heteroatoms. The third kappa shape index (κ3) is 4.25. The summed E-state index contributed by atoms with van der Waals surface area (Å²) in [6, 6.07) is 7.80. The molecular weight excluding hydrogens is 280 g/mol. The van der Waals surface area contributed by atoms with Gasteiger partial charge in [0.05, 0.1) is 0 Å². The lowest BCUT2D eigenvalue weighted by Crippen LogP contribution is -2.31. The van der Waals surface area contributed by atoms with Gasteiger partial charge in [0.1, 0.15) is 6.10 Å². The monoisotopic (exact) mass is 298 g/mol. The van der Waals surface area contributed by atoms with E-state index in [1.54, 1.807) is 0 Å². The molecule has 0 spiro atoms. The van der Waals surface area contributed by atoms with Crippen LogP contribution in [0.25, 0.3) is 0 Å². The molecule has 0 radical (unpaired) electrons. The fourth-order valence-corrected chi connectivity index (χ4v) is 2.19. The highest BCUT2D eigenvalue weighted by molar-refractivity contribution is 9.10. The summed E-state index contributed by atoms with van der Waals surface area (Å²) >= 11 is 3.46. The van der Waals surface area contributed by atoms with Gasteiger partial charge in [0.15, 0.2) is 5.78 Å². The largest absolute Gasteiger partial charge is 0.370 e. The molecule has 0 bridgehead atoms. The number of rotatable bonds is 6. The molecule has 1 rings (SSSR count). The van der Waals surface area contributed by atoms with Crippen LogP contribution in [-0.4, -0.2) is 18.5 Å². The third-order valence-corrected chi connectivity index (χ3v) is 3.37. The molecule has 94 valence electrons. The van der Waals surface area contributed by atoms with Crippen LogP contribution >= 0.6 is 15.9 Å². The van der Waals surface area contributed by atoms with E-state index in [1.165, 1.54) is 0 Å². The van der Waals surface area contributed by atoms with Crippen molar-refractivity contribution in [1.82, 2.24) is 0 Å². The van der Waals surface area contributed by atoms with Gasteiger partial charge in [-0.3, -0.25) is 4.79 Å². The zero-order valence-corrected chi connectivity index (χ0v) is 12.2. The first-order valence-corrected chi connectivity index (χ1v) is 6.73. The number of carbonyl (C=O) groups is 1. The van der Waals surface area contributed by atoms with Crippen LogP contribution in [-0.2, 0) is 16.0 Å². The van der Waals surface area contributed by atoms with Crippen molar-refractivity contribution in [1.29, 1.82) is 0 Å². The Morgan fingerprint density at radius 2 is 2.00 bits per heavy atom. The van der Waals surface area contributed by atoms with Crippen molar-refractivity contribution >= 4 is 21.7 Å². The molecule has 0 saturated heterocycles. The second-order valence-corrected chi connectivity index (χ2v) is 5.21. The van der Waals surface area contributed by atoms with E-state index in [1.807, 2.05) is 45.0 Å². The molecule has 0 aliphatic carbocycles. The normalized spacial score (nSPS) is 12.8. The highest BCUT2D eigenvalue weighted by Crippen LogP contribution is 2.19. The van der Waals surface area contributed by atoms with Crippen LogP contribution in [0.3, 0.4) is 0 Å². The van der Waals surface area contributed by atoms with Crippen molar-refractivity contribution < 1.29 is 9.53 Å². The van der Waals surface area contributed by atoms with Crippen molar-refractivity contribution in [2.75, 3.05) is 6.61 Å². The zero-order chi connectivity index (χ0) is 12.8. The number of hydrogen-bond acceptors (Lipinski definition) is 2. The van der Waals surface area contributed by atoms with E-state index in [-0.39, 0.29) is 17.8 Å². The molecule has 1 aromatic rings. The maximum Gasteiger partial charge on any atom is 0.166 e. The Morgan fingerprint density at radius 1 is 1.35 bits per heavy atom. The van der Waals surface area contributed by atoms with Gasteiger partial charge in [-0.1, -0.05) is 48.0 Å². The van der Waals surface area contributed by atoms with Gasteiger partial charge in [0, 0.05) is 17.5 Å². The van der Waals surface area contributed by atoms with Crippen molar-refractivity contribution in [3.05, 3.63) is 34.3 Å². The van der Waals surface area contributed by atoms with E-state index >= 15 is 0 Å². The molecule has 0 amide bonds. The fourth-order valence-electron chi connectivity index (χ4n) is 1.77. The van der Waals surface area contributed by atoms with Gasteiger partial charge >= 0.3 is 0 Å². The van der Waals surface area contributed by atoms with E-state index in [0.717, 1.165) is 10.0 Å². The van der Waals surface area contributed by atoms with Crippen molar-refractivity contribution in [2.45, 2.75) is 33.3 Å². The molecular formula is C14H19BrO2. The van der Waals surface area contributed by atoms with E-state index < -0.39 is 0 Å². The zero-order valence-electron chi connectivity index (χ0n) is 10.6. The molecule has 0 aliphatic rings. The van der Waals surface area contributed by atoms with Gasteiger partial charge in [-0.2, -0.15) is 0 Å². The lowest BCUT2D eigenvalue weighted by molar-refractivity contribution is -0.132. The van der Waals surface area contributed by atoms with Gasteiger partial charge < -0.3 is 4.74 Å². The van der Waals surface area contributed by atoms with Gasteiger partial charge in [-0.05, 0) is 24.5 Å². The van der Waals surface area contributed by atoms with Crippen molar-refractivity contribution in [3.63, 3.8) is 0 Å². The number of ketones is 1. The highest BCUT2D eigenvalue weighted by Gasteiger charge is 2.22. The predicted molar refractivity (Wildman–Crippen MR) is 73.1 cm³/mol. The second kappa shape index (κ2) is 6.92. The molecule has 17 heavy (non-hydrogen) atoms. The van der Waals surface area contributed by atoms with Crippen LogP contribution in [0.1, 0.15) is 26.3 Å². The van der Waals surface area contributed by atoms with Gasteiger partial charge in [0.2, 0.25) is 0 Å². The average Bonchev–Trinajstić information content (AvgIpc) is 2.28. The minimum absolute atomic E-state index is 0.147. The second-order valence-electron chi connectivity index (χ2n) is 4.35. The van der Waals surface area contributed by atoms with Crippen molar-refractivity contribution in [3.8, 4) is 0 Å². The summed E-state index contributed by atoms with van der Waals surface area (Å²) in [6.45, 7) is 6.52. The molecule has 0 saturated carbocycles. The van der Waals surface area contributed by atoms with Crippen LogP contribution in [0.2, 0.25) is 0 Å². The number of carbonyl (C=O) groups excluding carboxylic acids is 1. The summed E-state index contributed by atoms with van der Waals surface area (Å²) in [5.41, 5.74) is 1.02. The Balaban J connectivity index is 2.73. The van der Waals surface area contributed by atoms with Crippen LogP contribution in [0.4, 0.5) is 0 Å². The minimum Gasteiger partial charge on any atom is -0.370 e. The Morgan fingerprint density at radius 3 is 2.53 bits per heavy atom. The first kappa shape index (κ1) is 14.4. The first-order valence-electron chi connectivity index (χ1n) is 5.94. The lowest BCUT2D eigenvalue weighted by Gasteiger charge is -2.19. The summed E-state index contributed by atoms with van der Waals surface area (Å²) in [6.07, 6.45) is 0.122. The van der Waals surface area contributed by atoms with Crippen molar-refractivity contribution in [2.24, 2.45) is 5.92 Å². The SMILES string of the molecule is CCOC(C(=O)Cc1ccccc1Br)C(C)C. The Hall–Kier alpha value is -0.670. The topological polar surface area (TPSA) is 26.3 Å². The average molecular weight is 299 g/mol. The molecule has 2 nitrogen and oxygen atoms in total. The van der Waals surface area contributed by atoms with E-state index in [2.05, 4.69) is 15.9 Å².